The normalized spacial score (nSPS) is 11.2. The van der Waals surface area contributed by atoms with Crippen LogP contribution >= 0.6 is 11.6 Å². The number of aryl methyl sites for hydroxylation is 1. The SMILES string of the molecule is Cc1cc(-c2nc3cc(CO)ccc3[nH]2)nn1Cc1cc(Cl)ccc1OCc1ccccc1. The average Bonchev–Trinajstić information content (AvgIpc) is 3.42. The second kappa shape index (κ2) is 9.10. The summed E-state index contributed by atoms with van der Waals surface area (Å²) in [7, 11) is 0. The van der Waals surface area contributed by atoms with Gasteiger partial charge in [0, 0.05) is 16.3 Å². The van der Waals surface area contributed by atoms with E-state index >= 15 is 0 Å². The summed E-state index contributed by atoms with van der Waals surface area (Å²) in [6.07, 6.45) is 0. The van der Waals surface area contributed by atoms with Crippen molar-refractivity contribution in [3.05, 3.63) is 100 Å². The number of benzene rings is 3. The van der Waals surface area contributed by atoms with Crippen molar-refractivity contribution in [2.75, 3.05) is 0 Å². The summed E-state index contributed by atoms with van der Waals surface area (Å²) in [4.78, 5) is 7.97. The maximum Gasteiger partial charge on any atom is 0.159 e. The smallest absolute Gasteiger partial charge is 0.159 e. The number of halogens is 1. The molecule has 0 saturated heterocycles. The lowest BCUT2D eigenvalue weighted by atomic mass is 10.2. The van der Waals surface area contributed by atoms with Gasteiger partial charge in [0.25, 0.3) is 0 Å². The summed E-state index contributed by atoms with van der Waals surface area (Å²) in [5.41, 5.74) is 6.33. The zero-order valence-corrected chi connectivity index (χ0v) is 18.9. The van der Waals surface area contributed by atoms with E-state index in [0.717, 1.165) is 44.9 Å². The van der Waals surface area contributed by atoms with Gasteiger partial charge < -0.3 is 14.8 Å². The van der Waals surface area contributed by atoms with Gasteiger partial charge in [0.2, 0.25) is 0 Å². The molecule has 0 amide bonds. The third-order valence-electron chi connectivity index (χ3n) is 5.53. The van der Waals surface area contributed by atoms with Gasteiger partial charge in [0.1, 0.15) is 18.1 Å². The van der Waals surface area contributed by atoms with E-state index in [1.807, 2.05) is 84.4 Å². The minimum absolute atomic E-state index is 0.0137. The molecule has 2 heterocycles. The number of aromatic amines is 1. The molecule has 0 radical (unpaired) electrons. The molecule has 0 aliphatic rings. The summed E-state index contributed by atoms with van der Waals surface area (Å²) in [5, 5.41) is 14.8. The van der Waals surface area contributed by atoms with Crippen molar-refractivity contribution in [2.45, 2.75) is 26.7 Å². The molecule has 6 nitrogen and oxygen atoms in total. The van der Waals surface area contributed by atoms with Gasteiger partial charge in [-0.05, 0) is 54.4 Å². The first-order valence-electron chi connectivity index (χ1n) is 10.7. The zero-order chi connectivity index (χ0) is 22.8. The molecule has 7 heteroatoms. The number of aliphatic hydroxyl groups excluding tert-OH is 1. The number of rotatable bonds is 7. The summed E-state index contributed by atoms with van der Waals surface area (Å²) in [6.45, 7) is 3.00. The molecule has 0 aliphatic heterocycles. The number of H-pyrrole nitrogens is 1. The number of hydrogen-bond acceptors (Lipinski definition) is 4. The predicted octanol–water partition coefficient (Wildman–Crippen LogP) is 5.51. The highest BCUT2D eigenvalue weighted by Crippen LogP contribution is 2.27. The van der Waals surface area contributed by atoms with Crippen LogP contribution in [-0.4, -0.2) is 24.9 Å². The molecule has 0 unspecified atom stereocenters. The molecule has 0 atom stereocenters. The number of ether oxygens (including phenoxy) is 1. The van der Waals surface area contributed by atoms with E-state index in [-0.39, 0.29) is 6.61 Å². The highest BCUT2D eigenvalue weighted by atomic mass is 35.5. The Balaban J connectivity index is 1.41. The van der Waals surface area contributed by atoms with Gasteiger partial charge in [-0.2, -0.15) is 5.10 Å². The Hall–Kier alpha value is -3.61. The molecular formula is C26H23ClN4O2. The fourth-order valence-corrected chi connectivity index (χ4v) is 3.96. The Morgan fingerprint density at radius 3 is 2.67 bits per heavy atom. The first-order valence-corrected chi connectivity index (χ1v) is 11.1. The van der Waals surface area contributed by atoms with Crippen LogP contribution in [0.3, 0.4) is 0 Å². The van der Waals surface area contributed by atoms with E-state index < -0.39 is 0 Å². The lowest BCUT2D eigenvalue weighted by Gasteiger charge is -2.13. The van der Waals surface area contributed by atoms with E-state index in [2.05, 4.69) is 9.97 Å². The summed E-state index contributed by atoms with van der Waals surface area (Å²) in [5.74, 6) is 1.47. The van der Waals surface area contributed by atoms with E-state index in [1.165, 1.54) is 0 Å². The topological polar surface area (TPSA) is 76.0 Å². The van der Waals surface area contributed by atoms with Crippen molar-refractivity contribution < 1.29 is 9.84 Å². The minimum Gasteiger partial charge on any atom is -0.489 e. The van der Waals surface area contributed by atoms with Gasteiger partial charge >= 0.3 is 0 Å². The van der Waals surface area contributed by atoms with Crippen LogP contribution in [0, 0.1) is 6.92 Å². The molecule has 166 valence electrons. The third-order valence-corrected chi connectivity index (χ3v) is 5.77. The summed E-state index contributed by atoms with van der Waals surface area (Å²) < 4.78 is 8.02. The predicted molar refractivity (Wildman–Crippen MR) is 129 cm³/mol. The minimum atomic E-state index is -0.0137. The van der Waals surface area contributed by atoms with E-state index in [0.29, 0.717) is 24.0 Å². The van der Waals surface area contributed by atoms with Crippen LogP contribution in [-0.2, 0) is 19.8 Å². The molecule has 0 bridgehead atoms. The lowest BCUT2D eigenvalue weighted by Crippen LogP contribution is -2.06. The van der Waals surface area contributed by atoms with Gasteiger partial charge in [0.05, 0.1) is 24.2 Å². The molecular weight excluding hydrogens is 436 g/mol. The standard InChI is InChI=1S/C26H23ClN4O2/c1-17-11-24(26-28-22-9-7-19(15-32)12-23(22)29-26)30-31(17)14-20-13-21(27)8-10-25(20)33-16-18-5-3-2-4-6-18/h2-13,32H,14-16H2,1H3,(H,28,29). The Morgan fingerprint density at radius 2 is 1.85 bits per heavy atom. The van der Waals surface area contributed by atoms with Crippen molar-refractivity contribution in [3.63, 3.8) is 0 Å². The van der Waals surface area contributed by atoms with E-state index in [1.54, 1.807) is 0 Å². The van der Waals surface area contributed by atoms with Gasteiger partial charge in [0.15, 0.2) is 5.82 Å². The average molecular weight is 459 g/mol. The first kappa shape index (κ1) is 21.2. The van der Waals surface area contributed by atoms with Crippen molar-refractivity contribution in [1.29, 1.82) is 0 Å². The number of fused-ring (bicyclic) bond motifs is 1. The highest BCUT2D eigenvalue weighted by Gasteiger charge is 2.14. The molecule has 0 spiro atoms. The fraction of sp³-hybridized carbons (Fsp3) is 0.154. The van der Waals surface area contributed by atoms with Crippen LogP contribution in [0.15, 0.2) is 72.8 Å². The van der Waals surface area contributed by atoms with Crippen molar-refractivity contribution >= 4 is 22.6 Å². The van der Waals surface area contributed by atoms with Crippen molar-refractivity contribution in [1.82, 2.24) is 19.7 Å². The summed E-state index contributed by atoms with van der Waals surface area (Å²) in [6, 6.07) is 23.4. The van der Waals surface area contributed by atoms with E-state index in [4.69, 9.17) is 21.4 Å². The largest absolute Gasteiger partial charge is 0.489 e. The molecule has 0 saturated carbocycles. The van der Waals surface area contributed by atoms with Crippen LogP contribution in [0.2, 0.25) is 5.02 Å². The maximum absolute atomic E-state index is 9.37. The monoisotopic (exact) mass is 458 g/mol. The molecule has 33 heavy (non-hydrogen) atoms. The number of nitrogens with zero attached hydrogens (tertiary/aromatic N) is 3. The first-order chi connectivity index (χ1) is 16.1. The maximum atomic E-state index is 9.37. The lowest BCUT2D eigenvalue weighted by molar-refractivity contribution is 0.282. The molecule has 5 rings (SSSR count). The molecule has 0 aliphatic carbocycles. The van der Waals surface area contributed by atoms with Crippen LogP contribution in [0.4, 0.5) is 0 Å². The highest BCUT2D eigenvalue weighted by molar-refractivity contribution is 6.30. The molecule has 0 fully saturated rings. The number of hydrogen-bond donors (Lipinski definition) is 2. The van der Waals surface area contributed by atoms with Crippen molar-refractivity contribution in [3.8, 4) is 17.3 Å². The number of imidazole rings is 1. The molecule has 3 aromatic carbocycles. The second-order valence-corrected chi connectivity index (χ2v) is 8.39. The Labute approximate surface area is 196 Å². The Bertz CT molecular complexity index is 1410. The fourth-order valence-electron chi connectivity index (χ4n) is 3.77. The Morgan fingerprint density at radius 1 is 1.00 bits per heavy atom. The van der Waals surface area contributed by atoms with Crippen LogP contribution in [0.1, 0.15) is 22.4 Å². The van der Waals surface area contributed by atoms with Crippen LogP contribution in [0.25, 0.3) is 22.6 Å². The van der Waals surface area contributed by atoms with Crippen LogP contribution in [0.5, 0.6) is 5.75 Å². The van der Waals surface area contributed by atoms with Crippen LogP contribution < -0.4 is 4.74 Å². The van der Waals surface area contributed by atoms with Gasteiger partial charge in [-0.3, -0.25) is 4.68 Å². The van der Waals surface area contributed by atoms with Gasteiger partial charge in [-0.1, -0.05) is 48.0 Å². The molecule has 2 aromatic heterocycles. The number of aromatic nitrogens is 4. The quantitative estimate of drug-likeness (QED) is 0.337. The third kappa shape index (κ3) is 4.62. The second-order valence-electron chi connectivity index (χ2n) is 7.95. The molecule has 2 N–H and O–H groups in total. The Kier molecular flexibility index (Phi) is 5.86. The number of nitrogens with one attached hydrogen (secondary N) is 1. The van der Waals surface area contributed by atoms with E-state index in [9.17, 15) is 5.11 Å². The van der Waals surface area contributed by atoms with Crippen molar-refractivity contribution in [2.24, 2.45) is 0 Å². The summed E-state index contributed by atoms with van der Waals surface area (Å²) >= 11 is 6.29. The zero-order valence-electron chi connectivity index (χ0n) is 18.1. The van der Waals surface area contributed by atoms with Gasteiger partial charge in [-0.25, -0.2) is 4.98 Å². The van der Waals surface area contributed by atoms with Gasteiger partial charge in [-0.15, -0.1) is 0 Å². The molecule has 5 aromatic rings. The number of aliphatic hydroxyl groups is 1.